The number of nitrogens with one attached hydrogen (secondary N) is 2. The SMILES string of the molecule is NC(=O)c1ccc(N2CCC3(CC2)CC(N2CCC[C@H]2c2ccccc2C(F)(F)F)C3)c(S(=O)(=O)c2cc3c(c([N+](=O)[O-])c2)N[C@H]([C@H]2COCCO2)CO3)c1N1c2cc3cc[nH]c3nc2O[C@H]2COCC[C@@H]21. The summed E-state index contributed by atoms with van der Waals surface area (Å²) in [6.45, 7) is 2.93. The van der Waals surface area contributed by atoms with E-state index < -0.39 is 67.3 Å². The fourth-order valence-corrected chi connectivity index (χ4v) is 14.2. The summed E-state index contributed by atoms with van der Waals surface area (Å²) in [6, 6.07) is 13.6. The Morgan fingerprint density at radius 3 is 2.49 bits per heavy atom. The number of primary amides is 1. The highest BCUT2D eigenvalue weighted by molar-refractivity contribution is 7.91. The van der Waals surface area contributed by atoms with E-state index in [1.807, 2.05) is 17.0 Å². The first-order chi connectivity index (χ1) is 34.7. The second kappa shape index (κ2) is 17.8. The van der Waals surface area contributed by atoms with Crippen LogP contribution in [0.2, 0.25) is 0 Å². The number of alkyl halides is 3. The predicted molar refractivity (Wildman–Crippen MR) is 256 cm³/mol. The van der Waals surface area contributed by atoms with E-state index in [0.29, 0.717) is 87.4 Å². The molecule has 22 heteroatoms. The van der Waals surface area contributed by atoms with Crippen LogP contribution in [-0.4, -0.2) is 124 Å². The number of amides is 1. The molecule has 4 saturated heterocycles. The number of nitrogens with zero attached hydrogens (tertiary/aromatic N) is 5. The van der Waals surface area contributed by atoms with Gasteiger partial charge in [0.1, 0.15) is 35.0 Å². The van der Waals surface area contributed by atoms with Crippen LogP contribution in [0.5, 0.6) is 11.6 Å². The maximum absolute atomic E-state index is 16.1. The number of aromatic nitrogens is 2. The van der Waals surface area contributed by atoms with Gasteiger partial charge in [0.2, 0.25) is 15.7 Å². The lowest BCUT2D eigenvalue weighted by atomic mass is 9.59. The third-order valence-electron chi connectivity index (χ3n) is 16.0. The van der Waals surface area contributed by atoms with Gasteiger partial charge in [-0.05, 0) is 92.8 Å². The van der Waals surface area contributed by atoms with Gasteiger partial charge in [-0.1, -0.05) is 18.2 Å². The number of carbonyl (C=O) groups is 1. The Morgan fingerprint density at radius 1 is 0.931 bits per heavy atom. The van der Waals surface area contributed by atoms with E-state index in [4.69, 9.17) is 34.4 Å². The van der Waals surface area contributed by atoms with Crippen LogP contribution in [0, 0.1) is 15.5 Å². The van der Waals surface area contributed by atoms with Crippen molar-refractivity contribution in [3.05, 3.63) is 93.7 Å². The average Bonchev–Trinajstić information content (AvgIpc) is 4.05. The number of nitro benzene ring substituents is 1. The van der Waals surface area contributed by atoms with Gasteiger partial charge in [0.05, 0.1) is 70.8 Å². The zero-order valence-corrected chi connectivity index (χ0v) is 39.9. The number of halogens is 3. The maximum atomic E-state index is 16.1. The number of benzene rings is 3. The number of sulfone groups is 1. The van der Waals surface area contributed by atoms with Crippen molar-refractivity contribution in [2.75, 3.05) is 74.4 Å². The van der Waals surface area contributed by atoms with Crippen molar-refractivity contribution in [3.8, 4) is 11.6 Å². The molecular formula is C50H53F3N8O10S. The van der Waals surface area contributed by atoms with Crippen molar-refractivity contribution in [1.29, 1.82) is 0 Å². The summed E-state index contributed by atoms with van der Waals surface area (Å²) in [7, 11) is -4.87. The zero-order chi connectivity index (χ0) is 49.7. The Bertz CT molecular complexity index is 3080. The van der Waals surface area contributed by atoms with Crippen molar-refractivity contribution in [1.82, 2.24) is 14.9 Å². The molecule has 1 amide bonds. The first kappa shape index (κ1) is 46.8. The zero-order valence-electron chi connectivity index (χ0n) is 39.1. The van der Waals surface area contributed by atoms with Crippen LogP contribution in [0.3, 0.4) is 0 Å². The molecule has 72 heavy (non-hydrogen) atoms. The predicted octanol–water partition coefficient (Wildman–Crippen LogP) is 7.28. The largest absolute Gasteiger partial charge is 0.489 e. The number of carbonyl (C=O) groups excluding carboxylic acids is 1. The van der Waals surface area contributed by atoms with Gasteiger partial charge in [0.15, 0.2) is 11.4 Å². The Morgan fingerprint density at radius 2 is 1.72 bits per heavy atom. The van der Waals surface area contributed by atoms with E-state index >= 15 is 8.42 Å². The first-order valence-corrected chi connectivity index (χ1v) is 26.0. The third-order valence-corrected chi connectivity index (χ3v) is 17.8. The molecule has 1 aliphatic carbocycles. The molecule has 4 N–H and O–H groups in total. The smallest absolute Gasteiger partial charge is 0.416 e. The first-order valence-electron chi connectivity index (χ1n) is 24.5. The van der Waals surface area contributed by atoms with Crippen LogP contribution in [0.4, 0.5) is 41.6 Å². The Balaban J connectivity index is 0.944. The average molecular weight is 1020 g/mol. The van der Waals surface area contributed by atoms with Gasteiger partial charge in [-0.15, -0.1) is 0 Å². The third kappa shape index (κ3) is 7.96. The number of hydrogen-bond donors (Lipinski definition) is 3. The van der Waals surface area contributed by atoms with Crippen LogP contribution < -0.4 is 30.3 Å². The van der Waals surface area contributed by atoms with E-state index in [1.54, 1.807) is 29.3 Å². The molecule has 18 nitrogen and oxygen atoms in total. The molecule has 7 aliphatic rings. The van der Waals surface area contributed by atoms with Crippen molar-refractivity contribution < 1.29 is 55.0 Å². The number of pyridine rings is 1. The Labute approximate surface area is 411 Å². The topological polar surface area (TPSA) is 217 Å². The van der Waals surface area contributed by atoms with Gasteiger partial charge in [-0.3, -0.25) is 19.8 Å². The number of piperidine rings is 1. The molecule has 0 unspecified atom stereocenters. The van der Waals surface area contributed by atoms with Crippen molar-refractivity contribution in [3.63, 3.8) is 0 Å². The molecule has 5 fully saturated rings. The number of rotatable bonds is 9. The summed E-state index contributed by atoms with van der Waals surface area (Å²) in [5.41, 5.74) is 6.35. The van der Waals surface area contributed by atoms with E-state index in [0.717, 1.165) is 31.4 Å². The molecule has 1 saturated carbocycles. The standard InChI is InChI=1S/C50H53F3N8O10S/c51-50(52,53)33-5-2-1-4-31(33)35-6-3-14-59(35)29-23-49(24-29)11-15-58(16-12-49)37-8-7-32(46(54)62)44(60-36-10-17-67-27-42(36)71-48-39(60)20-28-9-13-55-47(28)57-48)45(37)72(65,66)30-21-38(61(63)64)43-40(22-30)70-25-34(56-43)41-26-68-18-19-69-41/h1-2,4-5,7-9,13,20-22,29,34-36,41-42,56H,3,6,10-12,14-19,23-27H2,(H2,54,62)(H,55,57)/t34-,35-,36-,41+,42-/m0/s1. The number of nitro groups is 1. The summed E-state index contributed by atoms with van der Waals surface area (Å²) >= 11 is 0. The van der Waals surface area contributed by atoms with Gasteiger partial charge in [-0.25, -0.2) is 8.42 Å². The second-order valence-electron chi connectivity index (χ2n) is 20.0. The minimum absolute atomic E-state index is 0.00131. The maximum Gasteiger partial charge on any atom is 0.416 e. The van der Waals surface area contributed by atoms with Crippen LogP contribution >= 0.6 is 0 Å². The van der Waals surface area contributed by atoms with Gasteiger partial charge in [0, 0.05) is 55.5 Å². The molecule has 0 bridgehead atoms. The highest BCUT2D eigenvalue weighted by Gasteiger charge is 2.52. The lowest BCUT2D eigenvalue weighted by molar-refractivity contribution is -0.384. The van der Waals surface area contributed by atoms with Gasteiger partial charge in [-0.2, -0.15) is 18.2 Å². The molecule has 2 aromatic heterocycles. The van der Waals surface area contributed by atoms with Gasteiger partial charge >= 0.3 is 6.18 Å². The number of fused-ring (bicyclic) bond motifs is 4. The summed E-state index contributed by atoms with van der Waals surface area (Å²) < 4.78 is 105. The van der Waals surface area contributed by atoms with E-state index in [9.17, 15) is 28.1 Å². The highest BCUT2D eigenvalue weighted by atomic mass is 32.2. The molecule has 12 rings (SSSR count). The number of likely N-dealkylation sites (tertiary alicyclic amines) is 1. The molecule has 5 aromatic rings. The van der Waals surface area contributed by atoms with E-state index in [1.165, 1.54) is 18.2 Å². The van der Waals surface area contributed by atoms with Crippen LogP contribution in [0.1, 0.15) is 72.5 Å². The molecular weight excluding hydrogens is 962 g/mol. The van der Waals surface area contributed by atoms with Crippen molar-refractivity contribution in [2.24, 2.45) is 11.1 Å². The number of H-pyrrole nitrogens is 1. The molecule has 6 aliphatic heterocycles. The quantitative estimate of drug-likeness (QED) is 0.0977. The van der Waals surface area contributed by atoms with Crippen LogP contribution in [0.25, 0.3) is 11.0 Å². The number of nitrogens with two attached hydrogens (primary N) is 1. The molecule has 1 spiro atoms. The van der Waals surface area contributed by atoms with E-state index in [2.05, 4.69) is 15.2 Å². The number of aromatic amines is 1. The lowest BCUT2D eigenvalue weighted by Crippen LogP contribution is -2.55. The second-order valence-corrected chi connectivity index (χ2v) is 21.9. The van der Waals surface area contributed by atoms with Crippen LogP contribution in [0.15, 0.2) is 76.7 Å². The molecule has 0 radical (unpaired) electrons. The molecule has 5 atom stereocenters. The highest BCUT2D eigenvalue weighted by Crippen LogP contribution is 2.57. The molecule has 380 valence electrons. The fraction of sp³-hybridized carbons (Fsp3) is 0.480. The summed E-state index contributed by atoms with van der Waals surface area (Å²) in [5, 5.41) is 16.8. The summed E-state index contributed by atoms with van der Waals surface area (Å²) in [5.74, 6) is -0.777. The molecule has 3 aromatic carbocycles. The van der Waals surface area contributed by atoms with Gasteiger partial charge < -0.3 is 49.5 Å². The number of ether oxygens (including phenoxy) is 5. The minimum atomic E-state index is -4.87. The van der Waals surface area contributed by atoms with Crippen molar-refractivity contribution in [2.45, 2.75) is 97.3 Å². The molecule has 8 heterocycles. The minimum Gasteiger partial charge on any atom is -0.489 e. The summed E-state index contributed by atoms with van der Waals surface area (Å²) in [4.78, 5) is 39.4. The van der Waals surface area contributed by atoms with Crippen molar-refractivity contribution >= 4 is 55.2 Å². The summed E-state index contributed by atoms with van der Waals surface area (Å²) in [6.07, 6.45) is 0.815. The normalized spacial score (nSPS) is 25.4. The number of anilines is 4. The Hall–Kier alpha value is -6.20. The lowest BCUT2D eigenvalue weighted by Gasteiger charge is -2.56. The van der Waals surface area contributed by atoms with E-state index in [-0.39, 0.29) is 76.5 Å². The number of hydrogen-bond acceptors (Lipinski definition) is 15. The Kier molecular flexibility index (Phi) is 11.6. The fourth-order valence-electron chi connectivity index (χ4n) is 12.5. The van der Waals surface area contributed by atoms with Crippen LogP contribution in [-0.2, 0) is 30.2 Å². The van der Waals surface area contributed by atoms with Gasteiger partial charge in [0.25, 0.3) is 11.6 Å². The monoisotopic (exact) mass is 1010 g/mol.